The van der Waals surface area contributed by atoms with E-state index >= 15 is 0 Å². The van der Waals surface area contributed by atoms with Crippen LogP contribution >= 0.6 is 0 Å². The van der Waals surface area contributed by atoms with Gasteiger partial charge in [0.15, 0.2) is 0 Å². The van der Waals surface area contributed by atoms with Gasteiger partial charge in [0.2, 0.25) is 5.95 Å². The van der Waals surface area contributed by atoms with E-state index in [1.165, 1.54) is 0 Å². The summed E-state index contributed by atoms with van der Waals surface area (Å²) in [4.78, 5) is 8.82. The summed E-state index contributed by atoms with van der Waals surface area (Å²) in [5.41, 5.74) is -0.894. The molecule has 1 aromatic carbocycles. The number of nitrogens with zero attached hydrogens (tertiary/aromatic N) is 2. The average molecular weight is 380 g/mol. The number of alkyl halides is 3. The van der Waals surface area contributed by atoms with Crippen LogP contribution in [0, 0.1) is 5.82 Å². The molecule has 27 heavy (non-hydrogen) atoms. The minimum absolute atomic E-state index is 0.169. The minimum Gasteiger partial charge on any atom is -0.351 e. The Morgan fingerprint density at radius 1 is 1.00 bits per heavy atom. The van der Waals surface area contributed by atoms with Gasteiger partial charge in [-0.2, -0.15) is 18.2 Å². The molecule has 2 fully saturated rings. The highest BCUT2D eigenvalue weighted by molar-refractivity contribution is 5.63. The Labute approximate surface area is 154 Å². The van der Waals surface area contributed by atoms with Crippen LogP contribution in [0.4, 0.5) is 35.0 Å². The largest absolute Gasteiger partial charge is 0.418 e. The van der Waals surface area contributed by atoms with Gasteiger partial charge in [-0.25, -0.2) is 9.37 Å². The van der Waals surface area contributed by atoms with Crippen molar-refractivity contribution in [1.82, 2.24) is 9.97 Å². The first-order valence-electron chi connectivity index (χ1n) is 9.18. The first kappa shape index (κ1) is 18.0. The summed E-state index contributed by atoms with van der Waals surface area (Å²) < 4.78 is 53.9. The van der Waals surface area contributed by atoms with Crippen LogP contribution in [0.25, 0.3) is 0 Å². The highest BCUT2D eigenvalue weighted by Crippen LogP contribution is 2.41. The number of hydrogen-bond donors (Lipinski definition) is 2. The first-order valence-corrected chi connectivity index (χ1v) is 9.18. The van der Waals surface area contributed by atoms with Gasteiger partial charge in [0.25, 0.3) is 0 Å². The molecule has 0 unspecified atom stereocenters. The number of hydrogen-bond acceptors (Lipinski definition) is 4. The summed E-state index contributed by atoms with van der Waals surface area (Å²) in [6, 6.07) is 4.78. The lowest BCUT2D eigenvalue weighted by atomic mass is 10.1. The second-order valence-electron chi connectivity index (χ2n) is 7.19. The average Bonchev–Trinajstić information content (AvgIpc) is 3.34. The third kappa shape index (κ3) is 4.14. The number of rotatable bonds is 5. The van der Waals surface area contributed by atoms with Crippen LogP contribution in [0.2, 0.25) is 0 Å². The van der Waals surface area contributed by atoms with Crippen LogP contribution in [0.5, 0.6) is 0 Å². The summed E-state index contributed by atoms with van der Waals surface area (Å²) >= 11 is 0. The minimum atomic E-state index is -4.66. The van der Waals surface area contributed by atoms with E-state index in [0.717, 1.165) is 62.4 Å². The van der Waals surface area contributed by atoms with Crippen LogP contribution in [0.1, 0.15) is 55.7 Å². The fraction of sp³-hybridized carbons (Fsp3) is 0.474. The predicted octanol–water partition coefficient (Wildman–Crippen LogP) is 5.61. The molecule has 0 saturated heterocycles. The van der Waals surface area contributed by atoms with Crippen LogP contribution < -0.4 is 10.6 Å². The maximum Gasteiger partial charge on any atom is 0.418 e. The fourth-order valence-corrected chi connectivity index (χ4v) is 3.45. The Morgan fingerprint density at radius 3 is 2.41 bits per heavy atom. The van der Waals surface area contributed by atoms with Crippen molar-refractivity contribution < 1.29 is 17.6 Å². The van der Waals surface area contributed by atoms with Crippen LogP contribution in [0.3, 0.4) is 0 Å². The van der Waals surface area contributed by atoms with Gasteiger partial charge in [-0.3, -0.25) is 0 Å². The number of para-hydroxylation sites is 1. The maximum absolute atomic E-state index is 14.1. The molecular weight excluding hydrogens is 360 g/mol. The lowest BCUT2D eigenvalue weighted by Gasteiger charge is -2.17. The van der Waals surface area contributed by atoms with E-state index in [1.807, 2.05) is 0 Å². The molecule has 0 radical (unpaired) electrons. The van der Waals surface area contributed by atoms with Gasteiger partial charge >= 0.3 is 6.18 Å². The lowest BCUT2D eigenvalue weighted by molar-refractivity contribution is -0.137. The van der Waals surface area contributed by atoms with E-state index in [9.17, 15) is 17.6 Å². The molecule has 2 saturated carbocycles. The molecule has 0 aliphatic heterocycles. The first-order chi connectivity index (χ1) is 12.9. The molecule has 0 spiro atoms. The molecule has 0 bridgehead atoms. The predicted molar refractivity (Wildman–Crippen MR) is 94.6 cm³/mol. The molecule has 2 aliphatic rings. The van der Waals surface area contributed by atoms with Crippen molar-refractivity contribution in [3.8, 4) is 0 Å². The SMILES string of the molecule is Fc1cccc(C(F)(F)F)c1Nc1cc(C2CC2)nc(NC2CCCC2)n1. The molecule has 0 amide bonds. The van der Waals surface area contributed by atoms with Crippen molar-refractivity contribution >= 4 is 17.5 Å². The number of anilines is 3. The highest BCUT2D eigenvalue weighted by Gasteiger charge is 2.35. The number of nitrogens with one attached hydrogen (secondary N) is 2. The van der Waals surface area contributed by atoms with Gasteiger partial charge in [0, 0.05) is 18.0 Å². The molecule has 2 aromatic rings. The normalized spacial score (nSPS) is 17.9. The van der Waals surface area contributed by atoms with Crippen LogP contribution in [-0.2, 0) is 6.18 Å². The smallest absolute Gasteiger partial charge is 0.351 e. The van der Waals surface area contributed by atoms with E-state index < -0.39 is 23.2 Å². The van der Waals surface area contributed by atoms with E-state index in [4.69, 9.17) is 0 Å². The lowest BCUT2D eigenvalue weighted by Crippen LogP contribution is -2.18. The summed E-state index contributed by atoms with van der Waals surface area (Å²) in [5, 5.41) is 5.82. The zero-order valence-corrected chi connectivity index (χ0v) is 14.6. The van der Waals surface area contributed by atoms with Crippen molar-refractivity contribution in [2.45, 2.75) is 56.7 Å². The fourth-order valence-electron chi connectivity index (χ4n) is 3.45. The van der Waals surface area contributed by atoms with Crippen molar-refractivity contribution in [2.24, 2.45) is 0 Å². The summed E-state index contributed by atoms with van der Waals surface area (Å²) in [6.45, 7) is 0. The van der Waals surface area contributed by atoms with Crippen molar-refractivity contribution in [3.05, 3.63) is 41.3 Å². The third-order valence-corrected chi connectivity index (χ3v) is 5.00. The Morgan fingerprint density at radius 2 is 1.74 bits per heavy atom. The second kappa shape index (κ2) is 6.98. The number of halogens is 4. The highest BCUT2D eigenvalue weighted by atomic mass is 19.4. The van der Waals surface area contributed by atoms with E-state index in [1.54, 1.807) is 6.07 Å². The molecule has 1 heterocycles. The Bertz CT molecular complexity index is 827. The topological polar surface area (TPSA) is 49.8 Å². The molecule has 1 aromatic heterocycles. The van der Waals surface area contributed by atoms with Gasteiger partial charge < -0.3 is 10.6 Å². The zero-order valence-electron chi connectivity index (χ0n) is 14.6. The third-order valence-electron chi connectivity index (χ3n) is 5.00. The van der Waals surface area contributed by atoms with Crippen LogP contribution in [-0.4, -0.2) is 16.0 Å². The van der Waals surface area contributed by atoms with Gasteiger partial charge in [0.05, 0.1) is 16.9 Å². The molecule has 2 aliphatic carbocycles. The quantitative estimate of drug-likeness (QED) is 0.662. The van der Waals surface area contributed by atoms with Crippen molar-refractivity contribution in [3.63, 3.8) is 0 Å². The summed E-state index contributed by atoms with van der Waals surface area (Å²) in [7, 11) is 0. The Balaban J connectivity index is 1.66. The van der Waals surface area contributed by atoms with Crippen molar-refractivity contribution in [2.75, 3.05) is 10.6 Å². The molecule has 4 rings (SSSR count). The van der Waals surface area contributed by atoms with E-state index in [2.05, 4.69) is 20.6 Å². The molecular formula is C19H20F4N4. The van der Waals surface area contributed by atoms with E-state index in [0.29, 0.717) is 11.9 Å². The Kier molecular flexibility index (Phi) is 4.65. The van der Waals surface area contributed by atoms with Gasteiger partial charge in [-0.1, -0.05) is 18.9 Å². The molecule has 0 atom stereocenters. The standard InChI is InChI=1S/C19H20F4N4/c20-14-7-3-6-13(19(21,22)23)17(14)26-16-10-15(11-8-9-11)25-18(27-16)24-12-4-1-2-5-12/h3,6-7,10-12H,1-2,4-5,8-9H2,(H2,24,25,26,27). The monoisotopic (exact) mass is 380 g/mol. The van der Waals surface area contributed by atoms with Gasteiger partial charge in [-0.05, 0) is 37.8 Å². The Hall–Kier alpha value is -2.38. The molecule has 4 nitrogen and oxygen atoms in total. The molecule has 8 heteroatoms. The summed E-state index contributed by atoms with van der Waals surface area (Å²) in [6.07, 6.45) is 1.63. The van der Waals surface area contributed by atoms with E-state index in [-0.39, 0.29) is 11.9 Å². The molecule has 2 N–H and O–H groups in total. The molecule has 144 valence electrons. The maximum atomic E-state index is 14.1. The van der Waals surface area contributed by atoms with Crippen molar-refractivity contribution in [1.29, 1.82) is 0 Å². The summed E-state index contributed by atoms with van der Waals surface area (Å²) in [5.74, 6) is -0.121. The van der Waals surface area contributed by atoms with Crippen LogP contribution in [0.15, 0.2) is 24.3 Å². The zero-order chi connectivity index (χ0) is 19.0. The number of benzene rings is 1. The number of aromatic nitrogens is 2. The van der Waals surface area contributed by atoms with Gasteiger partial charge in [0.1, 0.15) is 11.6 Å². The second-order valence-corrected chi connectivity index (χ2v) is 7.19. The van der Waals surface area contributed by atoms with Gasteiger partial charge in [-0.15, -0.1) is 0 Å².